The number of nitrogens with zero attached hydrogens (tertiary/aromatic N) is 5. The van der Waals surface area contributed by atoms with Gasteiger partial charge in [0, 0.05) is 52.0 Å². The number of hydrogen-bond donors (Lipinski definition) is 2. The fourth-order valence-electron chi connectivity index (χ4n) is 4.83. The van der Waals surface area contributed by atoms with Crippen LogP contribution in [-0.2, 0) is 17.8 Å². The topological polar surface area (TPSA) is 135 Å². The Labute approximate surface area is 232 Å². The lowest BCUT2D eigenvalue weighted by molar-refractivity contribution is 0.0170. The zero-order chi connectivity index (χ0) is 28.4. The van der Waals surface area contributed by atoms with E-state index in [9.17, 15) is 9.59 Å². The Morgan fingerprint density at radius 3 is 2.23 bits per heavy atom. The van der Waals surface area contributed by atoms with Crippen molar-refractivity contribution in [3.63, 3.8) is 0 Å². The first-order chi connectivity index (χ1) is 19.1. The van der Waals surface area contributed by atoms with Gasteiger partial charge in [-0.2, -0.15) is 0 Å². The molecule has 13 nitrogen and oxygen atoms in total. The molecular formula is C27H35N7O6. The monoisotopic (exact) mass is 553 g/mol. The highest BCUT2D eigenvalue weighted by Gasteiger charge is 2.30. The van der Waals surface area contributed by atoms with Gasteiger partial charge in [0.15, 0.2) is 11.5 Å². The molecule has 0 aliphatic carbocycles. The summed E-state index contributed by atoms with van der Waals surface area (Å²) < 4.78 is 22.1. The molecule has 4 heterocycles. The van der Waals surface area contributed by atoms with Crippen LogP contribution in [0.3, 0.4) is 0 Å². The molecule has 0 saturated carbocycles. The minimum absolute atomic E-state index is 0.137. The minimum atomic E-state index is -0.541. The Morgan fingerprint density at radius 1 is 0.975 bits per heavy atom. The summed E-state index contributed by atoms with van der Waals surface area (Å²) in [5.41, 5.74) is 3.03. The summed E-state index contributed by atoms with van der Waals surface area (Å²) in [6, 6.07) is 4.12. The van der Waals surface area contributed by atoms with E-state index < -0.39 is 11.5 Å². The van der Waals surface area contributed by atoms with E-state index in [1.165, 1.54) is 0 Å². The van der Waals surface area contributed by atoms with Crippen molar-refractivity contribution >= 4 is 18.0 Å². The fraction of sp³-hybridized carbons (Fsp3) is 0.481. The van der Waals surface area contributed by atoms with E-state index in [-0.39, 0.29) is 18.0 Å². The van der Waals surface area contributed by atoms with E-state index >= 15 is 0 Å². The van der Waals surface area contributed by atoms with Crippen LogP contribution in [0.15, 0.2) is 40.2 Å². The maximum absolute atomic E-state index is 13.1. The molecule has 1 aromatic heterocycles. The number of dihydropyridines is 1. The van der Waals surface area contributed by atoms with E-state index in [0.29, 0.717) is 63.0 Å². The van der Waals surface area contributed by atoms with Gasteiger partial charge in [-0.25, -0.2) is 4.79 Å². The molecule has 2 aromatic rings. The second-order valence-corrected chi connectivity index (χ2v) is 10.7. The number of rotatable bonds is 6. The first kappa shape index (κ1) is 27.2. The van der Waals surface area contributed by atoms with Crippen molar-refractivity contribution in [3.05, 3.63) is 52.8 Å². The lowest BCUT2D eigenvalue weighted by atomic mass is 10.1. The van der Waals surface area contributed by atoms with Crippen molar-refractivity contribution in [2.75, 3.05) is 51.8 Å². The normalized spacial score (nSPS) is 17.0. The summed E-state index contributed by atoms with van der Waals surface area (Å²) >= 11 is 0. The van der Waals surface area contributed by atoms with Gasteiger partial charge in [-0.05, 0) is 50.1 Å². The molecule has 5 rings (SSSR count). The molecular weight excluding hydrogens is 518 g/mol. The molecule has 1 saturated heterocycles. The quantitative estimate of drug-likeness (QED) is 0.545. The Kier molecular flexibility index (Phi) is 7.46. The van der Waals surface area contributed by atoms with E-state index in [4.69, 9.17) is 18.6 Å². The summed E-state index contributed by atoms with van der Waals surface area (Å²) in [6.45, 7) is 9.50. The predicted molar refractivity (Wildman–Crippen MR) is 145 cm³/mol. The number of fused-ring (bicyclic) bond motifs is 1. The van der Waals surface area contributed by atoms with Gasteiger partial charge in [-0.15, -0.1) is 5.10 Å². The predicted octanol–water partition coefficient (Wildman–Crippen LogP) is 2.22. The highest BCUT2D eigenvalue weighted by atomic mass is 16.6. The summed E-state index contributed by atoms with van der Waals surface area (Å²) in [4.78, 5) is 31.3. The highest BCUT2D eigenvalue weighted by molar-refractivity contribution is 5.91. The van der Waals surface area contributed by atoms with Gasteiger partial charge in [0.1, 0.15) is 5.60 Å². The molecule has 0 radical (unpaired) electrons. The van der Waals surface area contributed by atoms with E-state index in [1.807, 2.05) is 43.9 Å². The summed E-state index contributed by atoms with van der Waals surface area (Å²) in [5.74, 6) is 0.657. The van der Waals surface area contributed by atoms with Crippen molar-refractivity contribution < 1.29 is 28.2 Å². The number of benzene rings is 1. The third kappa shape index (κ3) is 5.77. The maximum Gasteiger partial charge on any atom is 0.410 e. The van der Waals surface area contributed by atoms with Gasteiger partial charge in [0.25, 0.3) is 0 Å². The van der Waals surface area contributed by atoms with E-state index in [2.05, 4.69) is 25.7 Å². The number of amides is 2. The van der Waals surface area contributed by atoms with Crippen LogP contribution in [-0.4, -0.2) is 84.5 Å². The van der Waals surface area contributed by atoms with Crippen LogP contribution in [0, 0.1) is 0 Å². The maximum atomic E-state index is 13.1. The van der Waals surface area contributed by atoms with Crippen LogP contribution in [0.4, 0.5) is 10.8 Å². The van der Waals surface area contributed by atoms with Crippen molar-refractivity contribution in [2.24, 2.45) is 0 Å². The molecule has 3 aliphatic rings. The first-order valence-electron chi connectivity index (χ1n) is 13.2. The Hall–Kier alpha value is -4.42. The Balaban J connectivity index is 1.20. The molecule has 1 fully saturated rings. The minimum Gasteiger partial charge on any atom is -0.493 e. The molecule has 0 atom stereocenters. The molecule has 0 spiro atoms. The number of piperazine rings is 1. The molecule has 2 N–H and O–H groups in total. The number of carbonyl (C=O) groups is 2. The van der Waals surface area contributed by atoms with Crippen LogP contribution in [0.25, 0.3) is 0 Å². The van der Waals surface area contributed by atoms with Crippen molar-refractivity contribution in [3.8, 4) is 11.5 Å². The standard InChI is InChI=1S/C27H35N7O6/c1-27(2,3)40-26(36)33-10-8-32(9-11-33)20-6-7-28-14-19(20)29-23(35)24-30-31-25(39-24)34-15-17-12-21(37-4)22(38-5)13-18(17)16-34/h6,12-14,28H,7-11,15-16H2,1-5H3,(H,29,35). The second kappa shape index (κ2) is 11.0. The average Bonchev–Trinajstić information content (AvgIpc) is 3.59. The summed E-state index contributed by atoms with van der Waals surface area (Å²) in [7, 11) is 3.20. The van der Waals surface area contributed by atoms with E-state index in [1.54, 1.807) is 25.3 Å². The van der Waals surface area contributed by atoms with Gasteiger partial charge >= 0.3 is 23.9 Å². The smallest absolute Gasteiger partial charge is 0.410 e. The number of aromatic nitrogens is 2. The second-order valence-electron chi connectivity index (χ2n) is 10.7. The molecule has 40 heavy (non-hydrogen) atoms. The lowest BCUT2D eigenvalue weighted by Gasteiger charge is -2.38. The fourth-order valence-corrected chi connectivity index (χ4v) is 4.83. The van der Waals surface area contributed by atoms with Crippen LogP contribution in [0.1, 0.15) is 42.6 Å². The zero-order valence-electron chi connectivity index (χ0n) is 23.4. The van der Waals surface area contributed by atoms with Gasteiger partial charge in [0.2, 0.25) is 0 Å². The SMILES string of the molecule is COc1cc2c(cc1OC)CN(c1nnc(C(=O)NC3=CNCC=C3N3CCN(C(=O)OC(C)(C)C)CC3)o1)C2. The number of methoxy groups -OCH3 is 2. The average molecular weight is 554 g/mol. The third-order valence-electron chi connectivity index (χ3n) is 6.76. The van der Waals surface area contributed by atoms with Gasteiger partial charge in [0.05, 0.1) is 25.6 Å². The third-order valence-corrected chi connectivity index (χ3v) is 6.76. The van der Waals surface area contributed by atoms with Gasteiger partial charge < -0.3 is 44.0 Å². The van der Waals surface area contributed by atoms with Gasteiger partial charge in [-0.1, -0.05) is 5.10 Å². The number of hydrogen-bond acceptors (Lipinski definition) is 11. The molecule has 0 unspecified atom stereocenters. The molecule has 0 bridgehead atoms. The Morgan fingerprint density at radius 2 is 1.62 bits per heavy atom. The van der Waals surface area contributed by atoms with Crippen molar-refractivity contribution in [2.45, 2.75) is 39.5 Å². The van der Waals surface area contributed by atoms with Crippen molar-refractivity contribution in [1.82, 2.24) is 30.6 Å². The molecule has 13 heteroatoms. The van der Waals surface area contributed by atoms with E-state index in [0.717, 1.165) is 16.8 Å². The first-order valence-corrected chi connectivity index (χ1v) is 13.2. The largest absolute Gasteiger partial charge is 0.493 e. The number of anilines is 1. The van der Waals surface area contributed by atoms with Crippen LogP contribution >= 0.6 is 0 Å². The van der Waals surface area contributed by atoms with Gasteiger partial charge in [-0.3, -0.25) is 4.79 Å². The Bertz CT molecular complexity index is 1300. The van der Waals surface area contributed by atoms with Crippen LogP contribution < -0.4 is 25.0 Å². The lowest BCUT2D eigenvalue weighted by Crippen LogP contribution is -2.50. The highest BCUT2D eigenvalue weighted by Crippen LogP contribution is 2.36. The number of nitrogens with one attached hydrogen (secondary N) is 2. The van der Waals surface area contributed by atoms with Crippen molar-refractivity contribution in [1.29, 1.82) is 0 Å². The molecule has 3 aliphatic heterocycles. The summed E-state index contributed by atoms with van der Waals surface area (Å²) in [5, 5.41) is 14.1. The zero-order valence-corrected chi connectivity index (χ0v) is 23.4. The molecule has 1 aromatic carbocycles. The summed E-state index contributed by atoms with van der Waals surface area (Å²) in [6.07, 6.45) is 3.44. The molecule has 214 valence electrons. The number of carbonyl (C=O) groups excluding carboxylic acids is 2. The number of ether oxygens (including phenoxy) is 3. The van der Waals surface area contributed by atoms with Crippen LogP contribution in [0.5, 0.6) is 11.5 Å². The van der Waals surface area contributed by atoms with Crippen LogP contribution in [0.2, 0.25) is 0 Å². The molecule has 2 amide bonds.